The van der Waals surface area contributed by atoms with Crippen molar-refractivity contribution in [3.8, 4) is 0 Å². The zero-order chi connectivity index (χ0) is 16.5. The van der Waals surface area contributed by atoms with Gasteiger partial charge in [-0.1, -0.05) is 24.3 Å². The molecule has 0 saturated carbocycles. The van der Waals surface area contributed by atoms with Crippen molar-refractivity contribution in [3.05, 3.63) is 58.7 Å². The first-order valence-corrected chi connectivity index (χ1v) is 8.13. The molecule has 0 aliphatic heterocycles. The molecule has 2 rings (SSSR count). The van der Waals surface area contributed by atoms with E-state index in [-0.39, 0.29) is 10.5 Å². The van der Waals surface area contributed by atoms with Crippen molar-refractivity contribution in [2.45, 2.75) is 25.7 Å². The number of rotatable bonds is 4. The third-order valence-corrected chi connectivity index (χ3v) is 4.81. The number of anilines is 1. The Balaban J connectivity index is 2.48. The monoisotopic (exact) mass is 319 g/mol. The minimum absolute atomic E-state index is 0.0237. The molecule has 0 aromatic heterocycles. The van der Waals surface area contributed by atoms with E-state index in [1.54, 1.807) is 6.92 Å². The molecular weight excluding hydrogens is 302 g/mol. The SMILES string of the molecule is Cc1ccc(S(=O)(=O)Nc2c(C)cccc2C)cc1C(=O)O. The maximum absolute atomic E-state index is 12.5. The molecule has 2 aromatic carbocycles. The molecule has 0 spiro atoms. The molecule has 0 aliphatic rings. The Morgan fingerprint density at radius 3 is 2.14 bits per heavy atom. The summed E-state index contributed by atoms with van der Waals surface area (Å²) in [5.41, 5.74) is 2.60. The summed E-state index contributed by atoms with van der Waals surface area (Å²) in [6.45, 7) is 5.24. The van der Waals surface area contributed by atoms with Crippen LogP contribution in [0.15, 0.2) is 41.3 Å². The van der Waals surface area contributed by atoms with Crippen LogP contribution in [0.25, 0.3) is 0 Å². The van der Waals surface area contributed by atoms with Gasteiger partial charge in [-0.2, -0.15) is 0 Å². The highest BCUT2D eigenvalue weighted by Gasteiger charge is 2.19. The van der Waals surface area contributed by atoms with E-state index >= 15 is 0 Å². The third kappa shape index (κ3) is 3.12. The van der Waals surface area contributed by atoms with E-state index < -0.39 is 16.0 Å². The number of carboxylic acid groups (broad SMARTS) is 1. The maximum atomic E-state index is 12.5. The number of nitrogens with one attached hydrogen (secondary N) is 1. The van der Waals surface area contributed by atoms with Gasteiger partial charge in [0, 0.05) is 0 Å². The first-order chi connectivity index (χ1) is 10.2. The Kier molecular flexibility index (Phi) is 4.23. The Morgan fingerprint density at radius 1 is 1.00 bits per heavy atom. The van der Waals surface area contributed by atoms with Crippen molar-refractivity contribution in [1.29, 1.82) is 0 Å². The summed E-state index contributed by atoms with van der Waals surface area (Å²) >= 11 is 0. The Labute approximate surface area is 129 Å². The predicted molar refractivity (Wildman–Crippen MR) is 84.9 cm³/mol. The highest BCUT2D eigenvalue weighted by Crippen LogP contribution is 2.24. The van der Waals surface area contributed by atoms with Gasteiger partial charge in [0.05, 0.1) is 16.1 Å². The Hall–Kier alpha value is -2.34. The van der Waals surface area contributed by atoms with Crippen LogP contribution in [-0.4, -0.2) is 19.5 Å². The van der Waals surface area contributed by atoms with Crippen molar-refractivity contribution < 1.29 is 18.3 Å². The number of para-hydroxylation sites is 1. The molecule has 0 fully saturated rings. The lowest BCUT2D eigenvalue weighted by molar-refractivity contribution is 0.0696. The van der Waals surface area contributed by atoms with E-state index in [2.05, 4.69) is 4.72 Å². The quantitative estimate of drug-likeness (QED) is 0.907. The fraction of sp³-hybridized carbons (Fsp3) is 0.188. The molecule has 5 nitrogen and oxygen atoms in total. The topological polar surface area (TPSA) is 83.5 Å². The van der Waals surface area contributed by atoms with Crippen LogP contribution in [0.4, 0.5) is 5.69 Å². The first-order valence-electron chi connectivity index (χ1n) is 6.65. The minimum Gasteiger partial charge on any atom is -0.478 e. The summed E-state index contributed by atoms with van der Waals surface area (Å²) in [7, 11) is -3.84. The molecule has 0 aliphatic carbocycles. The first kappa shape index (κ1) is 16.0. The van der Waals surface area contributed by atoms with Crippen LogP contribution in [0.1, 0.15) is 27.0 Å². The number of aromatic carboxylic acids is 1. The zero-order valence-corrected chi connectivity index (χ0v) is 13.4. The zero-order valence-electron chi connectivity index (χ0n) is 12.5. The Morgan fingerprint density at radius 2 is 1.59 bits per heavy atom. The lowest BCUT2D eigenvalue weighted by Gasteiger charge is -2.14. The fourth-order valence-corrected chi connectivity index (χ4v) is 3.40. The second kappa shape index (κ2) is 5.81. The summed E-state index contributed by atoms with van der Waals surface area (Å²) in [6, 6.07) is 9.52. The largest absolute Gasteiger partial charge is 0.478 e. The summed E-state index contributed by atoms with van der Waals surface area (Å²) in [4.78, 5) is 11.1. The van der Waals surface area contributed by atoms with Gasteiger partial charge in [-0.25, -0.2) is 13.2 Å². The van der Waals surface area contributed by atoms with Gasteiger partial charge in [0.25, 0.3) is 10.0 Å². The third-order valence-electron chi connectivity index (χ3n) is 3.47. The van der Waals surface area contributed by atoms with Gasteiger partial charge in [-0.3, -0.25) is 4.72 Å². The molecule has 0 radical (unpaired) electrons. The van der Waals surface area contributed by atoms with Crippen molar-refractivity contribution >= 4 is 21.7 Å². The molecule has 22 heavy (non-hydrogen) atoms. The molecule has 116 valence electrons. The van der Waals surface area contributed by atoms with Crippen molar-refractivity contribution in [1.82, 2.24) is 0 Å². The maximum Gasteiger partial charge on any atom is 0.335 e. The standard InChI is InChI=1S/C16H17NO4S/c1-10-7-8-13(9-14(10)16(18)19)22(20,21)17-15-11(2)5-4-6-12(15)3/h4-9,17H,1-3H3,(H,18,19). The lowest BCUT2D eigenvalue weighted by atomic mass is 10.1. The average Bonchev–Trinajstić information content (AvgIpc) is 2.43. The molecular formula is C16H17NO4S. The number of aryl methyl sites for hydroxylation is 3. The summed E-state index contributed by atoms with van der Waals surface area (Å²) in [6.07, 6.45) is 0. The summed E-state index contributed by atoms with van der Waals surface area (Å²) < 4.78 is 27.5. The number of hydrogen-bond donors (Lipinski definition) is 2. The van der Waals surface area contributed by atoms with E-state index in [4.69, 9.17) is 5.11 Å². The smallest absolute Gasteiger partial charge is 0.335 e. The molecule has 0 atom stereocenters. The van der Waals surface area contributed by atoms with Crippen LogP contribution in [0, 0.1) is 20.8 Å². The molecule has 6 heteroatoms. The average molecular weight is 319 g/mol. The van der Waals surface area contributed by atoms with Crippen molar-refractivity contribution in [2.24, 2.45) is 0 Å². The Bertz CT molecular complexity index is 821. The van der Waals surface area contributed by atoms with Gasteiger partial charge < -0.3 is 5.11 Å². The van der Waals surface area contributed by atoms with E-state index in [9.17, 15) is 13.2 Å². The van der Waals surface area contributed by atoms with E-state index in [1.807, 2.05) is 32.0 Å². The van der Waals surface area contributed by atoms with Crippen LogP contribution in [-0.2, 0) is 10.0 Å². The van der Waals surface area contributed by atoms with E-state index in [0.29, 0.717) is 11.3 Å². The minimum atomic E-state index is -3.84. The van der Waals surface area contributed by atoms with Crippen LogP contribution < -0.4 is 4.72 Å². The molecule has 0 heterocycles. The van der Waals surface area contributed by atoms with Crippen LogP contribution in [0.3, 0.4) is 0 Å². The van der Waals surface area contributed by atoms with Crippen molar-refractivity contribution in [3.63, 3.8) is 0 Å². The molecule has 0 saturated heterocycles. The number of hydrogen-bond acceptors (Lipinski definition) is 3. The number of carboxylic acids is 1. The van der Waals surface area contributed by atoms with Gasteiger partial charge in [-0.05, 0) is 49.6 Å². The summed E-state index contributed by atoms with van der Waals surface area (Å²) in [5.74, 6) is -1.15. The molecule has 2 N–H and O–H groups in total. The molecule has 0 bridgehead atoms. The number of carbonyl (C=O) groups is 1. The molecule has 2 aromatic rings. The fourth-order valence-electron chi connectivity index (χ4n) is 2.17. The highest BCUT2D eigenvalue weighted by molar-refractivity contribution is 7.92. The molecule has 0 amide bonds. The van der Waals surface area contributed by atoms with Crippen LogP contribution in [0.2, 0.25) is 0 Å². The van der Waals surface area contributed by atoms with Gasteiger partial charge >= 0.3 is 5.97 Å². The molecule has 0 unspecified atom stereocenters. The lowest BCUT2D eigenvalue weighted by Crippen LogP contribution is -2.15. The predicted octanol–water partition coefficient (Wildman–Crippen LogP) is 3.11. The van der Waals surface area contributed by atoms with Gasteiger partial charge in [0.2, 0.25) is 0 Å². The number of benzene rings is 2. The highest BCUT2D eigenvalue weighted by atomic mass is 32.2. The van der Waals surface area contributed by atoms with Crippen molar-refractivity contribution in [2.75, 3.05) is 4.72 Å². The van der Waals surface area contributed by atoms with Gasteiger partial charge in [0.15, 0.2) is 0 Å². The normalized spacial score (nSPS) is 11.2. The van der Waals surface area contributed by atoms with E-state index in [1.165, 1.54) is 18.2 Å². The van der Waals surface area contributed by atoms with Gasteiger partial charge in [-0.15, -0.1) is 0 Å². The van der Waals surface area contributed by atoms with Crippen LogP contribution in [0.5, 0.6) is 0 Å². The second-order valence-electron chi connectivity index (χ2n) is 5.15. The number of sulfonamides is 1. The van der Waals surface area contributed by atoms with E-state index in [0.717, 1.165) is 11.1 Å². The summed E-state index contributed by atoms with van der Waals surface area (Å²) in [5, 5.41) is 9.12. The van der Waals surface area contributed by atoms with Crippen LogP contribution >= 0.6 is 0 Å². The second-order valence-corrected chi connectivity index (χ2v) is 6.84. The van der Waals surface area contributed by atoms with Gasteiger partial charge in [0.1, 0.15) is 0 Å².